The quantitative estimate of drug-likeness (QED) is 0.206. The van der Waals surface area contributed by atoms with Gasteiger partial charge in [0, 0.05) is 6.54 Å². The zero-order chi connectivity index (χ0) is 22.7. The van der Waals surface area contributed by atoms with E-state index in [4.69, 9.17) is 0 Å². The van der Waals surface area contributed by atoms with E-state index in [1.54, 1.807) is 4.90 Å². The van der Waals surface area contributed by atoms with E-state index >= 15 is 0 Å². The summed E-state index contributed by atoms with van der Waals surface area (Å²) < 4.78 is 31.0. The maximum atomic E-state index is 9.22. The Kier molecular flexibility index (Phi) is 19.3. The van der Waals surface area contributed by atoms with Crippen molar-refractivity contribution >= 4 is 10.4 Å². The number of nitrogens with zero attached hydrogens (tertiary/aromatic N) is 1. The molecule has 1 N–H and O–H groups in total. The molecule has 0 aromatic heterocycles. The molecule has 1 aliphatic rings. The Morgan fingerprint density at radius 3 is 1.60 bits per heavy atom. The minimum atomic E-state index is -4.41. The van der Waals surface area contributed by atoms with Gasteiger partial charge < -0.3 is 9.45 Å². The molecular formula is C23H50N2O4S. The number of quaternary nitrogens is 1. The van der Waals surface area contributed by atoms with Crippen LogP contribution >= 0.6 is 0 Å². The molecule has 0 bridgehead atoms. The average molecular weight is 451 g/mol. The molecule has 1 atom stereocenters. The molecule has 0 aromatic rings. The Labute approximate surface area is 187 Å². The van der Waals surface area contributed by atoms with E-state index in [1.165, 1.54) is 116 Å². The normalized spacial score (nSPS) is 17.3. The summed E-state index contributed by atoms with van der Waals surface area (Å²) in [5.41, 5.74) is 0. The molecule has 1 fully saturated rings. The Hall–Kier alpha value is -0.210. The predicted octanol–water partition coefficient (Wildman–Crippen LogP) is 3.98. The molecule has 0 aliphatic carbocycles. The van der Waals surface area contributed by atoms with Crippen LogP contribution in [-0.2, 0) is 14.6 Å². The van der Waals surface area contributed by atoms with Gasteiger partial charge in [-0.2, -0.15) is 0 Å². The van der Waals surface area contributed by atoms with Crippen LogP contribution in [0.4, 0.5) is 0 Å². The third kappa shape index (κ3) is 22.5. The van der Waals surface area contributed by atoms with Crippen molar-refractivity contribution in [3.05, 3.63) is 0 Å². The van der Waals surface area contributed by atoms with Crippen molar-refractivity contribution in [1.29, 1.82) is 0 Å². The van der Waals surface area contributed by atoms with Crippen molar-refractivity contribution < 1.29 is 22.1 Å². The summed E-state index contributed by atoms with van der Waals surface area (Å²) in [6, 6.07) is 0. The highest BCUT2D eigenvalue weighted by atomic mass is 32.3. The van der Waals surface area contributed by atoms with Gasteiger partial charge in [0.05, 0.1) is 27.2 Å². The van der Waals surface area contributed by atoms with E-state index in [0.29, 0.717) is 0 Å². The lowest BCUT2D eigenvalue weighted by Crippen LogP contribution is -3.07. The molecule has 1 saturated heterocycles. The van der Waals surface area contributed by atoms with Crippen molar-refractivity contribution in [2.24, 2.45) is 5.92 Å². The van der Waals surface area contributed by atoms with E-state index in [2.05, 4.69) is 30.0 Å². The molecule has 0 spiro atoms. The smallest absolute Gasteiger partial charge is 0.217 e. The summed E-state index contributed by atoms with van der Waals surface area (Å²) in [7, 11) is -1.29. The van der Waals surface area contributed by atoms with E-state index < -0.39 is 10.4 Å². The summed E-state index contributed by atoms with van der Waals surface area (Å²) in [6.45, 7) is 9.97. The van der Waals surface area contributed by atoms with Crippen molar-refractivity contribution in [2.75, 3.05) is 40.5 Å². The van der Waals surface area contributed by atoms with E-state index in [-0.39, 0.29) is 0 Å². The fourth-order valence-corrected chi connectivity index (χ4v) is 3.91. The molecule has 0 saturated carbocycles. The summed E-state index contributed by atoms with van der Waals surface area (Å²) in [6.07, 6.45) is 20.5. The Balaban J connectivity index is 0.00000122. The van der Waals surface area contributed by atoms with E-state index in [9.17, 15) is 13.0 Å². The van der Waals surface area contributed by atoms with Gasteiger partial charge in [-0.1, -0.05) is 97.3 Å². The lowest BCUT2D eigenvalue weighted by Gasteiger charge is -2.12. The van der Waals surface area contributed by atoms with E-state index in [0.717, 1.165) is 13.0 Å². The van der Waals surface area contributed by atoms with Crippen LogP contribution in [0.1, 0.15) is 104 Å². The lowest BCUT2D eigenvalue weighted by molar-refractivity contribution is -0.871. The molecule has 0 radical (unpaired) electrons. The number of hydrogen-bond donors (Lipinski definition) is 1. The largest absolute Gasteiger partial charge is 0.726 e. The molecular weight excluding hydrogens is 400 g/mol. The SMILES string of the molecule is CC(C)CCCCCCCCCCCCCCCN1CC[NH+](C)C1.COS(=O)(=O)[O-]. The Morgan fingerprint density at radius 2 is 1.27 bits per heavy atom. The van der Waals surface area contributed by atoms with Gasteiger partial charge in [0.1, 0.15) is 6.67 Å². The van der Waals surface area contributed by atoms with Crippen LogP contribution in [0.25, 0.3) is 0 Å². The molecule has 1 heterocycles. The first-order chi connectivity index (χ1) is 14.2. The summed E-state index contributed by atoms with van der Waals surface area (Å²) in [5, 5.41) is 0. The van der Waals surface area contributed by atoms with Gasteiger partial charge in [0.2, 0.25) is 10.4 Å². The topological polar surface area (TPSA) is 74.1 Å². The highest BCUT2D eigenvalue weighted by Gasteiger charge is 2.18. The maximum Gasteiger partial charge on any atom is 0.217 e. The summed E-state index contributed by atoms with van der Waals surface area (Å²) in [5.74, 6) is 0.896. The van der Waals surface area contributed by atoms with Gasteiger partial charge in [0.15, 0.2) is 0 Å². The lowest BCUT2D eigenvalue weighted by atomic mass is 10.0. The number of unbranched alkanes of at least 4 members (excludes halogenated alkanes) is 12. The van der Waals surface area contributed by atoms with Crippen molar-refractivity contribution in [2.45, 2.75) is 104 Å². The van der Waals surface area contributed by atoms with Gasteiger partial charge in [-0.05, 0) is 12.3 Å². The first-order valence-electron chi connectivity index (χ1n) is 12.3. The molecule has 1 rings (SSSR count). The van der Waals surface area contributed by atoms with Crippen molar-refractivity contribution in [1.82, 2.24) is 4.90 Å². The average Bonchev–Trinajstić information content (AvgIpc) is 3.09. The first-order valence-corrected chi connectivity index (χ1v) is 13.6. The van der Waals surface area contributed by atoms with Gasteiger partial charge in [-0.15, -0.1) is 0 Å². The zero-order valence-electron chi connectivity index (χ0n) is 20.3. The van der Waals surface area contributed by atoms with Crippen LogP contribution in [0.3, 0.4) is 0 Å². The van der Waals surface area contributed by atoms with Crippen LogP contribution < -0.4 is 4.90 Å². The van der Waals surface area contributed by atoms with Gasteiger partial charge in [-0.25, -0.2) is 8.42 Å². The Morgan fingerprint density at radius 1 is 0.867 bits per heavy atom. The molecule has 1 unspecified atom stereocenters. The number of nitrogens with one attached hydrogen (secondary N) is 1. The van der Waals surface area contributed by atoms with Gasteiger partial charge in [-0.3, -0.25) is 9.08 Å². The molecule has 30 heavy (non-hydrogen) atoms. The molecule has 0 amide bonds. The van der Waals surface area contributed by atoms with Gasteiger partial charge >= 0.3 is 0 Å². The summed E-state index contributed by atoms with van der Waals surface area (Å²) >= 11 is 0. The second-order valence-electron chi connectivity index (χ2n) is 9.34. The van der Waals surface area contributed by atoms with Crippen LogP contribution in [0.15, 0.2) is 0 Å². The predicted molar refractivity (Wildman–Crippen MR) is 124 cm³/mol. The third-order valence-electron chi connectivity index (χ3n) is 5.81. The maximum absolute atomic E-state index is 9.22. The standard InChI is InChI=1S/C22H46N2.CH4O4S/c1-22(2)17-15-13-11-9-7-5-4-6-8-10-12-14-16-18-24-20-19-23(3)21-24;1-5-6(2,3)4/h22H,4-21H2,1-3H3;1H3,(H,2,3,4). The van der Waals surface area contributed by atoms with Crippen molar-refractivity contribution in [3.63, 3.8) is 0 Å². The van der Waals surface area contributed by atoms with Crippen LogP contribution in [0.5, 0.6) is 0 Å². The third-order valence-corrected chi connectivity index (χ3v) is 6.22. The zero-order valence-corrected chi connectivity index (χ0v) is 21.1. The van der Waals surface area contributed by atoms with Crippen LogP contribution in [-0.4, -0.2) is 58.3 Å². The van der Waals surface area contributed by atoms with Gasteiger partial charge in [0.25, 0.3) is 0 Å². The highest BCUT2D eigenvalue weighted by molar-refractivity contribution is 7.80. The minimum Gasteiger partial charge on any atom is -0.726 e. The Bertz CT molecular complexity index is 472. The highest BCUT2D eigenvalue weighted by Crippen LogP contribution is 2.14. The van der Waals surface area contributed by atoms with Crippen molar-refractivity contribution in [3.8, 4) is 0 Å². The molecule has 1 aliphatic heterocycles. The number of likely N-dealkylation sites (N-methyl/N-ethyl adjacent to an activating group) is 1. The first kappa shape index (κ1) is 29.8. The monoisotopic (exact) mass is 450 g/mol. The van der Waals surface area contributed by atoms with Crippen LogP contribution in [0.2, 0.25) is 0 Å². The second-order valence-corrected chi connectivity index (χ2v) is 10.5. The molecule has 7 heteroatoms. The summed E-state index contributed by atoms with van der Waals surface area (Å²) in [4.78, 5) is 4.32. The second kappa shape index (κ2) is 19.5. The number of hydrogen-bond acceptors (Lipinski definition) is 5. The fraction of sp³-hybridized carbons (Fsp3) is 1.00. The molecule has 6 nitrogen and oxygen atoms in total. The molecule has 0 aromatic carbocycles. The van der Waals surface area contributed by atoms with E-state index in [1.807, 2.05) is 0 Å². The minimum absolute atomic E-state index is 0.808. The number of rotatable bonds is 17. The molecule has 182 valence electrons. The van der Waals surface area contributed by atoms with Crippen LogP contribution in [0, 0.1) is 5.92 Å². The fourth-order valence-electron chi connectivity index (χ4n) is 3.91.